The summed E-state index contributed by atoms with van der Waals surface area (Å²) >= 11 is 0. The zero-order chi connectivity index (χ0) is 12.9. The van der Waals surface area contributed by atoms with Crippen LogP contribution in [0.15, 0.2) is 0 Å². The van der Waals surface area contributed by atoms with Crippen molar-refractivity contribution in [2.24, 2.45) is 5.41 Å². The molecule has 0 radical (unpaired) electrons. The third-order valence-electron chi connectivity index (χ3n) is 3.47. The number of piperidine rings is 1. The van der Waals surface area contributed by atoms with Crippen LogP contribution in [0.4, 0.5) is 0 Å². The average Bonchev–Trinajstić information content (AvgIpc) is 2.30. The molecule has 1 heterocycles. The molecule has 3 heteroatoms. The van der Waals surface area contributed by atoms with Crippen molar-refractivity contribution < 1.29 is 4.79 Å². The van der Waals surface area contributed by atoms with Gasteiger partial charge in [0.15, 0.2) is 0 Å². The van der Waals surface area contributed by atoms with Gasteiger partial charge in [-0.25, -0.2) is 0 Å². The van der Waals surface area contributed by atoms with Crippen LogP contribution >= 0.6 is 0 Å². The number of hydrogen-bond donors (Lipinski definition) is 2. The van der Waals surface area contributed by atoms with Gasteiger partial charge < -0.3 is 10.6 Å². The van der Waals surface area contributed by atoms with Gasteiger partial charge in [-0.2, -0.15) is 0 Å². The van der Waals surface area contributed by atoms with E-state index in [1.807, 2.05) is 13.8 Å². The van der Waals surface area contributed by atoms with E-state index < -0.39 is 5.54 Å². The van der Waals surface area contributed by atoms with Gasteiger partial charge in [-0.15, -0.1) is 6.42 Å². The minimum atomic E-state index is -0.560. The lowest BCUT2D eigenvalue weighted by atomic mass is 9.75. The Morgan fingerprint density at radius 3 is 2.76 bits per heavy atom. The van der Waals surface area contributed by atoms with Crippen LogP contribution in [0.5, 0.6) is 0 Å². The van der Waals surface area contributed by atoms with Crippen LogP contribution in [-0.4, -0.2) is 24.5 Å². The summed E-state index contributed by atoms with van der Waals surface area (Å²) in [7, 11) is 0. The molecule has 96 valence electrons. The lowest BCUT2D eigenvalue weighted by Crippen LogP contribution is -2.55. The molecule has 1 aliphatic rings. The number of terminal acetylenes is 1. The van der Waals surface area contributed by atoms with Gasteiger partial charge >= 0.3 is 0 Å². The molecule has 2 N–H and O–H groups in total. The van der Waals surface area contributed by atoms with Gasteiger partial charge in [-0.1, -0.05) is 19.3 Å². The molecule has 0 bridgehead atoms. The Morgan fingerprint density at radius 2 is 2.29 bits per heavy atom. The Morgan fingerprint density at radius 1 is 1.59 bits per heavy atom. The van der Waals surface area contributed by atoms with Crippen LogP contribution in [0.25, 0.3) is 0 Å². The van der Waals surface area contributed by atoms with Gasteiger partial charge in [0, 0.05) is 6.54 Å². The first-order valence-electron chi connectivity index (χ1n) is 6.47. The van der Waals surface area contributed by atoms with Crippen molar-refractivity contribution in [3.05, 3.63) is 0 Å². The molecule has 3 nitrogen and oxygen atoms in total. The zero-order valence-electron chi connectivity index (χ0n) is 11.2. The van der Waals surface area contributed by atoms with E-state index in [1.54, 1.807) is 0 Å². The van der Waals surface area contributed by atoms with Crippen LogP contribution < -0.4 is 10.6 Å². The smallest absolute Gasteiger partial charge is 0.228 e. The standard InChI is InChI=1S/C14H24N2O/c1-5-8-14(9-7-10-15-11-14)12(17)16-13(3,4)6-2/h2,15H,5,7-11H2,1,3-4H3,(H,16,17). The van der Waals surface area contributed by atoms with Gasteiger partial charge in [0.05, 0.1) is 11.0 Å². The Balaban J connectivity index is 2.77. The summed E-state index contributed by atoms with van der Waals surface area (Å²) in [5.74, 6) is 2.72. The molecule has 1 amide bonds. The molecule has 0 saturated carbocycles. The van der Waals surface area contributed by atoms with Crippen LogP contribution in [0.1, 0.15) is 46.5 Å². The molecule has 1 atom stereocenters. The number of carbonyl (C=O) groups is 1. The molecule has 1 rings (SSSR count). The Labute approximate surface area is 105 Å². The first kappa shape index (κ1) is 14.1. The molecule has 1 fully saturated rings. The van der Waals surface area contributed by atoms with E-state index in [4.69, 9.17) is 6.42 Å². The monoisotopic (exact) mass is 236 g/mol. The summed E-state index contributed by atoms with van der Waals surface area (Å²) in [6.07, 6.45) is 9.38. The molecular formula is C14H24N2O. The second-order valence-electron chi connectivity index (χ2n) is 5.53. The summed E-state index contributed by atoms with van der Waals surface area (Å²) < 4.78 is 0. The van der Waals surface area contributed by atoms with Crippen molar-refractivity contribution in [3.8, 4) is 12.3 Å². The maximum absolute atomic E-state index is 12.4. The fraction of sp³-hybridized carbons (Fsp3) is 0.786. The maximum atomic E-state index is 12.4. The van der Waals surface area contributed by atoms with Crippen LogP contribution in [0.3, 0.4) is 0 Å². The van der Waals surface area contributed by atoms with Crippen LogP contribution in [0, 0.1) is 17.8 Å². The van der Waals surface area contributed by atoms with E-state index in [1.165, 1.54) is 0 Å². The fourth-order valence-electron chi connectivity index (χ4n) is 2.42. The molecule has 1 saturated heterocycles. The highest BCUT2D eigenvalue weighted by Gasteiger charge is 2.40. The highest BCUT2D eigenvalue weighted by molar-refractivity contribution is 5.84. The summed E-state index contributed by atoms with van der Waals surface area (Å²) in [5, 5.41) is 6.32. The van der Waals surface area contributed by atoms with Crippen LogP contribution in [-0.2, 0) is 4.79 Å². The highest BCUT2D eigenvalue weighted by atomic mass is 16.2. The van der Waals surface area contributed by atoms with E-state index in [-0.39, 0.29) is 11.3 Å². The number of amides is 1. The molecule has 0 aliphatic carbocycles. The lowest BCUT2D eigenvalue weighted by Gasteiger charge is -2.38. The van der Waals surface area contributed by atoms with Crippen molar-refractivity contribution in [2.45, 2.75) is 52.0 Å². The highest BCUT2D eigenvalue weighted by Crippen LogP contribution is 2.32. The lowest BCUT2D eigenvalue weighted by molar-refractivity contribution is -0.133. The van der Waals surface area contributed by atoms with Gasteiger partial charge in [-0.3, -0.25) is 4.79 Å². The van der Waals surface area contributed by atoms with E-state index in [0.717, 1.165) is 38.8 Å². The van der Waals surface area contributed by atoms with E-state index in [0.29, 0.717) is 0 Å². The third-order valence-corrected chi connectivity index (χ3v) is 3.47. The predicted octanol–water partition coefficient (Wildman–Crippen LogP) is 1.68. The molecule has 0 aromatic heterocycles. The third kappa shape index (κ3) is 3.47. The summed E-state index contributed by atoms with van der Waals surface area (Å²) in [6.45, 7) is 7.63. The van der Waals surface area contributed by atoms with Gasteiger partial charge in [0.1, 0.15) is 0 Å². The maximum Gasteiger partial charge on any atom is 0.228 e. The SMILES string of the molecule is C#CC(C)(C)NC(=O)C1(CCC)CCCNC1. The van der Waals surface area contributed by atoms with Crippen LogP contribution in [0.2, 0.25) is 0 Å². The second-order valence-corrected chi connectivity index (χ2v) is 5.53. The summed E-state index contributed by atoms with van der Waals surface area (Å²) in [5.41, 5.74) is -0.823. The minimum Gasteiger partial charge on any atom is -0.340 e. The molecule has 0 aromatic carbocycles. The number of hydrogen-bond acceptors (Lipinski definition) is 2. The quantitative estimate of drug-likeness (QED) is 0.729. The van der Waals surface area contributed by atoms with Crippen molar-refractivity contribution >= 4 is 5.91 Å². The minimum absolute atomic E-state index is 0.106. The summed E-state index contributed by atoms with van der Waals surface area (Å²) in [6, 6.07) is 0. The molecule has 17 heavy (non-hydrogen) atoms. The Bertz CT molecular complexity index is 303. The molecular weight excluding hydrogens is 212 g/mol. The topological polar surface area (TPSA) is 41.1 Å². The van der Waals surface area contributed by atoms with Gasteiger partial charge in [0.25, 0.3) is 0 Å². The van der Waals surface area contributed by atoms with Gasteiger partial charge in [0.2, 0.25) is 5.91 Å². The molecule has 0 spiro atoms. The van der Waals surface area contributed by atoms with E-state index >= 15 is 0 Å². The molecule has 1 aliphatic heterocycles. The first-order chi connectivity index (χ1) is 7.96. The largest absolute Gasteiger partial charge is 0.340 e. The summed E-state index contributed by atoms with van der Waals surface area (Å²) in [4.78, 5) is 12.4. The molecule has 0 aromatic rings. The zero-order valence-corrected chi connectivity index (χ0v) is 11.2. The molecule has 1 unspecified atom stereocenters. The normalized spacial score (nSPS) is 25.1. The predicted molar refractivity (Wildman–Crippen MR) is 70.5 cm³/mol. The van der Waals surface area contributed by atoms with E-state index in [9.17, 15) is 4.79 Å². The Hall–Kier alpha value is -1.01. The van der Waals surface area contributed by atoms with E-state index in [2.05, 4.69) is 23.5 Å². The second kappa shape index (κ2) is 5.55. The number of nitrogens with one attached hydrogen (secondary N) is 2. The number of carbonyl (C=O) groups excluding carboxylic acids is 1. The number of rotatable bonds is 4. The van der Waals surface area contributed by atoms with Crippen molar-refractivity contribution in [2.75, 3.05) is 13.1 Å². The fourth-order valence-corrected chi connectivity index (χ4v) is 2.42. The van der Waals surface area contributed by atoms with Gasteiger partial charge in [-0.05, 0) is 39.7 Å². The van der Waals surface area contributed by atoms with Crippen molar-refractivity contribution in [3.63, 3.8) is 0 Å². The Kier molecular flexibility index (Phi) is 4.59. The van der Waals surface area contributed by atoms with Crippen molar-refractivity contribution in [1.29, 1.82) is 0 Å². The average molecular weight is 236 g/mol. The first-order valence-corrected chi connectivity index (χ1v) is 6.47. The van der Waals surface area contributed by atoms with Crippen molar-refractivity contribution in [1.82, 2.24) is 10.6 Å².